The van der Waals surface area contributed by atoms with E-state index in [1.54, 1.807) is 24.0 Å². The minimum absolute atomic E-state index is 0.0997. The van der Waals surface area contributed by atoms with Gasteiger partial charge in [-0.25, -0.2) is 9.36 Å². The molecule has 0 radical (unpaired) electrons. The molecule has 178 valence electrons. The van der Waals surface area contributed by atoms with E-state index in [2.05, 4.69) is 10.1 Å². The Kier molecular flexibility index (Phi) is 6.33. The highest BCUT2D eigenvalue weighted by atomic mass is 19.4. The highest BCUT2D eigenvalue weighted by Gasteiger charge is 2.33. The van der Waals surface area contributed by atoms with Crippen LogP contribution in [-0.4, -0.2) is 43.2 Å². The van der Waals surface area contributed by atoms with E-state index >= 15 is 0 Å². The Hall–Kier alpha value is -3.08. The number of nitrogens with zero attached hydrogens (tertiary/aromatic N) is 5. The predicted octanol–water partition coefficient (Wildman–Crippen LogP) is 3.74. The molecule has 11 heteroatoms. The van der Waals surface area contributed by atoms with E-state index in [1.165, 1.54) is 4.57 Å². The molecule has 0 aliphatic carbocycles. The van der Waals surface area contributed by atoms with Gasteiger partial charge in [-0.05, 0) is 39.7 Å². The fourth-order valence-corrected chi connectivity index (χ4v) is 3.75. The predicted molar refractivity (Wildman–Crippen MR) is 114 cm³/mol. The van der Waals surface area contributed by atoms with Crippen LogP contribution in [0.1, 0.15) is 49.6 Å². The van der Waals surface area contributed by atoms with Gasteiger partial charge in [-0.2, -0.15) is 23.3 Å². The zero-order valence-corrected chi connectivity index (χ0v) is 18.7. The molecule has 4 rings (SSSR count). The number of hydrogen-bond donors (Lipinski definition) is 0. The number of rotatable bonds is 7. The summed E-state index contributed by atoms with van der Waals surface area (Å²) >= 11 is 0. The van der Waals surface area contributed by atoms with E-state index in [0.717, 1.165) is 35.1 Å². The van der Waals surface area contributed by atoms with Crippen LogP contribution < -0.4 is 10.4 Å². The smallest absolute Gasteiger partial charge is 0.416 e. The van der Waals surface area contributed by atoms with Gasteiger partial charge in [-0.15, -0.1) is 0 Å². The summed E-state index contributed by atoms with van der Waals surface area (Å²) in [6.45, 7) is 6.56. The first-order valence-electron chi connectivity index (χ1n) is 10.8. The number of pyridine rings is 1. The first kappa shape index (κ1) is 23.1. The Bertz CT molecular complexity index is 1170. The molecule has 0 spiro atoms. The maximum atomic E-state index is 13.6. The molecule has 0 N–H and O–H groups in total. The zero-order chi connectivity index (χ0) is 23.8. The van der Waals surface area contributed by atoms with E-state index in [-0.39, 0.29) is 37.0 Å². The standard InChI is InChI=1S/C22H26F3N5O3/c1-14(2)29-12-16(9-26-29)11-28-10-15(3)30(21(28)31)19-7-17(22(23,24)25)8-20(27-19)33-13-18-5-4-6-32-18/h7-10,12,14,18H,4-6,11,13H2,1-3H3/t18-/m0/s1. The van der Waals surface area contributed by atoms with Crippen molar-refractivity contribution in [1.29, 1.82) is 0 Å². The number of hydrogen-bond acceptors (Lipinski definition) is 5. The van der Waals surface area contributed by atoms with Crippen LogP contribution in [0.2, 0.25) is 0 Å². The summed E-state index contributed by atoms with van der Waals surface area (Å²) in [6.07, 6.45) is 1.95. The molecule has 0 amide bonds. The van der Waals surface area contributed by atoms with Crippen LogP contribution in [0.3, 0.4) is 0 Å². The molecular weight excluding hydrogens is 439 g/mol. The molecule has 3 aromatic heterocycles. The van der Waals surface area contributed by atoms with Crippen LogP contribution in [0.25, 0.3) is 5.82 Å². The third-order valence-electron chi connectivity index (χ3n) is 5.46. The van der Waals surface area contributed by atoms with Crippen molar-refractivity contribution in [3.63, 3.8) is 0 Å². The Morgan fingerprint density at radius 3 is 2.70 bits per heavy atom. The minimum atomic E-state index is -4.62. The van der Waals surface area contributed by atoms with Crippen LogP contribution in [0, 0.1) is 6.92 Å². The number of alkyl halides is 3. The molecule has 3 aromatic rings. The third-order valence-corrected chi connectivity index (χ3v) is 5.46. The van der Waals surface area contributed by atoms with Crippen molar-refractivity contribution in [1.82, 2.24) is 23.9 Å². The molecule has 1 fully saturated rings. The summed E-state index contributed by atoms with van der Waals surface area (Å²) < 4.78 is 56.0. The SMILES string of the molecule is Cc1cn(Cc2cnn(C(C)C)c2)c(=O)n1-c1cc(C(F)(F)F)cc(OC[C@@H]2CCCO2)n1. The minimum Gasteiger partial charge on any atom is -0.475 e. The van der Waals surface area contributed by atoms with Crippen LogP contribution in [0.15, 0.2) is 35.5 Å². The maximum absolute atomic E-state index is 13.6. The van der Waals surface area contributed by atoms with Crippen molar-refractivity contribution in [3.05, 3.63) is 58.0 Å². The van der Waals surface area contributed by atoms with Crippen molar-refractivity contribution < 1.29 is 22.6 Å². The molecule has 0 bridgehead atoms. The Labute approximate surface area is 188 Å². The molecule has 0 aromatic carbocycles. The molecule has 1 aliphatic rings. The average molecular weight is 465 g/mol. The normalized spacial score (nSPS) is 16.6. The molecule has 0 unspecified atom stereocenters. The lowest BCUT2D eigenvalue weighted by molar-refractivity contribution is -0.137. The zero-order valence-electron chi connectivity index (χ0n) is 18.7. The Morgan fingerprint density at radius 1 is 1.27 bits per heavy atom. The monoisotopic (exact) mass is 465 g/mol. The Balaban J connectivity index is 1.66. The largest absolute Gasteiger partial charge is 0.475 e. The van der Waals surface area contributed by atoms with Crippen molar-refractivity contribution >= 4 is 0 Å². The van der Waals surface area contributed by atoms with Gasteiger partial charge in [0.05, 0.1) is 24.4 Å². The number of halogens is 3. The second-order valence-corrected chi connectivity index (χ2v) is 8.43. The maximum Gasteiger partial charge on any atom is 0.416 e. The van der Waals surface area contributed by atoms with E-state index in [4.69, 9.17) is 9.47 Å². The van der Waals surface area contributed by atoms with Gasteiger partial charge in [-0.1, -0.05) is 0 Å². The van der Waals surface area contributed by atoms with Crippen LogP contribution in [-0.2, 0) is 17.5 Å². The second kappa shape index (κ2) is 9.05. The van der Waals surface area contributed by atoms with Crippen molar-refractivity contribution in [2.24, 2.45) is 0 Å². The lowest BCUT2D eigenvalue weighted by Gasteiger charge is -2.15. The van der Waals surface area contributed by atoms with Gasteiger partial charge >= 0.3 is 11.9 Å². The van der Waals surface area contributed by atoms with Crippen molar-refractivity contribution in [2.75, 3.05) is 13.2 Å². The van der Waals surface area contributed by atoms with E-state index in [1.807, 2.05) is 20.0 Å². The number of aryl methyl sites for hydroxylation is 1. The molecule has 1 saturated heterocycles. The molecule has 1 atom stereocenters. The van der Waals surface area contributed by atoms with Gasteiger partial charge in [0.2, 0.25) is 5.88 Å². The fraction of sp³-hybridized carbons (Fsp3) is 0.500. The third kappa shape index (κ3) is 5.13. The van der Waals surface area contributed by atoms with Crippen molar-refractivity contribution in [3.8, 4) is 11.7 Å². The topological polar surface area (TPSA) is 76.1 Å². The van der Waals surface area contributed by atoms with E-state index < -0.39 is 17.4 Å². The van der Waals surface area contributed by atoms with Crippen LogP contribution in [0.4, 0.5) is 13.2 Å². The first-order valence-corrected chi connectivity index (χ1v) is 10.8. The van der Waals surface area contributed by atoms with Gasteiger partial charge in [-0.3, -0.25) is 9.25 Å². The molecular formula is C22H26F3N5O3. The van der Waals surface area contributed by atoms with Crippen LogP contribution in [0.5, 0.6) is 5.88 Å². The van der Waals surface area contributed by atoms with Crippen LogP contribution >= 0.6 is 0 Å². The summed E-state index contributed by atoms with van der Waals surface area (Å²) in [5.41, 5.74) is -0.178. The summed E-state index contributed by atoms with van der Waals surface area (Å²) in [7, 11) is 0. The van der Waals surface area contributed by atoms with Gasteiger partial charge in [0.1, 0.15) is 12.4 Å². The van der Waals surface area contributed by atoms with Crippen molar-refractivity contribution in [2.45, 2.75) is 58.5 Å². The molecule has 0 saturated carbocycles. The lowest BCUT2D eigenvalue weighted by Crippen LogP contribution is -2.25. The van der Waals surface area contributed by atoms with E-state index in [0.29, 0.717) is 12.3 Å². The lowest BCUT2D eigenvalue weighted by atomic mass is 10.2. The second-order valence-electron chi connectivity index (χ2n) is 8.43. The Morgan fingerprint density at radius 2 is 2.06 bits per heavy atom. The highest BCUT2D eigenvalue weighted by Crippen LogP contribution is 2.32. The van der Waals surface area contributed by atoms with E-state index in [9.17, 15) is 18.0 Å². The highest BCUT2D eigenvalue weighted by molar-refractivity contribution is 5.36. The summed E-state index contributed by atoms with van der Waals surface area (Å²) in [4.78, 5) is 17.3. The number of imidazole rings is 1. The molecule has 33 heavy (non-hydrogen) atoms. The molecule has 8 nitrogen and oxygen atoms in total. The van der Waals surface area contributed by atoms with Gasteiger partial charge in [0.15, 0.2) is 0 Å². The number of ether oxygens (including phenoxy) is 2. The summed E-state index contributed by atoms with van der Waals surface area (Å²) in [6, 6.07) is 1.87. The van der Waals surface area contributed by atoms with Gasteiger partial charge in [0, 0.05) is 42.4 Å². The first-order chi connectivity index (χ1) is 15.6. The van der Waals surface area contributed by atoms with Gasteiger partial charge in [0.25, 0.3) is 0 Å². The molecule has 4 heterocycles. The van der Waals surface area contributed by atoms with Gasteiger partial charge < -0.3 is 9.47 Å². The average Bonchev–Trinajstić information content (AvgIpc) is 3.48. The number of aromatic nitrogens is 5. The summed E-state index contributed by atoms with van der Waals surface area (Å²) in [5, 5.41) is 4.26. The quantitative estimate of drug-likeness (QED) is 0.531. The fourth-order valence-electron chi connectivity index (χ4n) is 3.75. The molecule has 1 aliphatic heterocycles. The summed E-state index contributed by atoms with van der Waals surface area (Å²) in [5.74, 6) is -0.348.